The molecule has 0 spiro atoms. The number of para-hydroxylation sites is 1. The van der Waals surface area contributed by atoms with Crippen molar-refractivity contribution < 1.29 is 23.0 Å². The zero-order valence-corrected chi connectivity index (χ0v) is 21.9. The van der Waals surface area contributed by atoms with Crippen LogP contribution < -0.4 is 4.74 Å². The molecular weight excluding hydrogens is 477 g/mol. The Hall–Kier alpha value is -2.51. The minimum absolute atomic E-state index is 0.0429. The first-order chi connectivity index (χ1) is 17.6. The summed E-state index contributed by atoms with van der Waals surface area (Å²) >= 11 is 0. The molecule has 2 N–H and O–H groups in total. The van der Waals surface area contributed by atoms with Gasteiger partial charge in [0.25, 0.3) is 0 Å². The van der Waals surface area contributed by atoms with E-state index in [-0.39, 0.29) is 30.5 Å². The first-order valence-electron chi connectivity index (χ1n) is 13.4. The third kappa shape index (κ3) is 5.39. The van der Waals surface area contributed by atoms with Gasteiger partial charge in [-0.1, -0.05) is 18.2 Å². The van der Waals surface area contributed by atoms with Crippen LogP contribution in [0.15, 0.2) is 36.4 Å². The minimum atomic E-state index is -1.54. The number of rotatable bonds is 7. The van der Waals surface area contributed by atoms with Gasteiger partial charge in [0.15, 0.2) is 0 Å². The number of nitrogens with one attached hydrogen (secondary N) is 1. The lowest BCUT2D eigenvalue weighted by atomic mass is 9.83. The van der Waals surface area contributed by atoms with Crippen molar-refractivity contribution >= 4 is 10.9 Å². The molecule has 2 aliphatic rings. The molecule has 2 atom stereocenters. The van der Waals surface area contributed by atoms with E-state index in [1.165, 1.54) is 26.0 Å². The topological polar surface area (TPSA) is 48.5 Å². The molecule has 1 aliphatic carbocycles. The molecule has 2 heterocycles. The number of aliphatic hydroxyl groups is 1. The average Bonchev–Trinajstić information content (AvgIpc) is 3.21. The van der Waals surface area contributed by atoms with E-state index in [0.717, 1.165) is 47.8 Å². The van der Waals surface area contributed by atoms with E-state index in [1.807, 2.05) is 36.1 Å². The Labute approximate surface area is 216 Å². The molecule has 1 fully saturated rings. The van der Waals surface area contributed by atoms with E-state index in [4.69, 9.17) is 4.74 Å². The van der Waals surface area contributed by atoms with E-state index in [2.05, 4.69) is 4.98 Å². The molecule has 3 aromatic rings. The normalized spacial score (nSPS) is 24.8. The van der Waals surface area contributed by atoms with Crippen LogP contribution in [0.5, 0.6) is 5.75 Å². The lowest BCUT2D eigenvalue weighted by molar-refractivity contribution is 0.0642. The number of hydrogen-bond donors (Lipinski definition) is 2. The smallest absolute Gasteiger partial charge is 0.135 e. The first-order valence-corrected chi connectivity index (χ1v) is 13.4. The zero-order valence-electron chi connectivity index (χ0n) is 21.9. The van der Waals surface area contributed by atoms with Gasteiger partial charge in [-0.15, -0.1) is 0 Å². The van der Waals surface area contributed by atoms with Crippen LogP contribution in [-0.4, -0.2) is 46.5 Å². The highest BCUT2D eigenvalue weighted by Gasteiger charge is 2.41. The standard InChI is InChI=1S/C30H37F3N2O2/c1-18-12-23-22-6-4-5-7-26(22)34-28(23)29(35(18)17-30(2,3)33)27-24(31)13-21(14-25(27)32)37-16-20-10-8-19(15-36)9-11-20/h4-7,13-14,18-20,29,34,36H,8-12,15-17H2,1-3H3/t18-,19?,20?,29-/m1/s1. The zero-order chi connectivity index (χ0) is 26.3. The molecule has 2 aromatic carbocycles. The fraction of sp³-hybridized carbons (Fsp3) is 0.533. The van der Waals surface area contributed by atoms with Crippen molar-refractivity contribution in [2.75, 3.05) is 19.8 Å². The largest absolute Gasteiger partial charge is 0.493 e. The predicted molar refractivity (Wildman–Crippen MR) is 140 cm³/mol. The minimum Gasteiger partial charge on any atom is -0.493 e. The first kappa shape index (κ1) is 26.1. The summed E-state index contributed by atoms with van der Waals surface area (Å²) in [5.41, 5.74) is 1.03. The Morgan fingerprint density at radius 2 is 1.70 bits per heavy atom. The molecule has 200 valence electrons. The van der Waals surface area contributed by atoms with Gasteiger partial charge in [0.1, 0.15) is 23.1 Å². The molecule has 0 radical (unpaired) electrons. The van der Waals surface area contributed by atoms with Crippen LogP contribution >= 0.6 is 0 Å². The molecule has 4 nitrogen and oxygen atoms in total. The van der Waals surface area contributed by atoms with Crippen molar-refractivity contribution in [3.63, 3.8) is 0 Å². The monoisotopic (exact) mass is 514 g/mol. The fourth-order valence-electron chi connectivity index (χ4n) is 6.20. The number of ether oxygens (including phenoxy) is 1. The Kier molecular flexibility index (Phi) is 7.29. The second-order valence-corrected chi connectivity index (χ2v) is 11.6. The van der Waals surface area contributed by atoms with Crippen molar-refractivity contribution in [3.05, 3.63) is 64.9 Å². The number of H-pyrrole nitrogens is 1. The number of aromatic nitrogens is 1. The highest BCUT2D eigenvalue weighted by atomic mass is 19.1. The average molecular weight is 515 g/mol. The van der Waals surface area contributed by atoms with Crippen LogP contribution in [0.1, 0.15) is 69.3 Å². The lowest BCUT2D eigenvalue weighted by Gasteiger charge is -2.43. The van der Waals surface area contributed by atoms with E-state index in [0.29, 0.717) is 24.9 Å². The number of alkyl halides is 1. The Morgan fingerprint density at radius 1 is 1.05 bits per heavy atom. The number of benzene rings is 2. The predicted octanol–water partition coefficient (Wildman–Crippen LogP) is 6.71. The summed E-state index contributed by atoms with van der Waals surface area (Å²) in [6.07, 6.45) is 4.42. The quantitative estimate of drug-likeness (QED) is 0.369. The van der Waals surface area contributed by atoms with E-state index < -0.39 is 23.3 Å². The maximum Gasteiger partial charge on any atom is 0.135 e. The van der Waals surface area contributed by atoms with Gasteiger partial charge in [0, 0.05) is 53.5 Å². The van der Waals surface area contributed by atoms with Gasteiger partial charge in [-0.05, 0) is 76.3 Å². The van der Waals surface area contributed by atoms with Gasteiger partial charge in [0.2, 0.25) is 0 Å². The Balaban J connectivity index is 1.48. The summed E-state index contributed by atoms with van der Waals surface area (Å²) < 4.78 is 52.3. The fourth-order valence-corrected chi connectivity index (χ4v) is 6.20. The maximum atomic E-state index is 15.8. The van der Waals surface area contributed by atoms with E-state index in [1.54, 1.807) is 0 Å². The van der Waals surface area contributed by atoms with Gasteiger partial charge in [-0.25, -0.2) is 13.2 Å². The molecular formula is C30H37F3N2O2. The van der Waals surface area contributed by atoms with Gasteiger partial charge in [-0.2, -0.15) is 0 Å². The molecule has 1 aliphatic heterocycles. The molecule has 5 rings (SSSR count). The number of fused-ring (bicyclic) bond motifs is 3. The second-order valence-electron chi connectivity index (χ2n) is 11.6. The van der Waals surface area contributed by atoms with Crippen molar-refractivity contribution in [1.82, 2.24) is 9.88 Å². The van der Waals surface area contributed by atoms with Crippen LogP contribution in [0.2, 0.25) is 0 Å². The SMILES string of the molecule is C[C@@H]1Cc2c([nH]c3ccccc23)[C@@H](c2c(F)cc(OCC3CCC(CO)CC3)cc2F)N1CC(C)(C)F. The van der Waals surface area contributed by atoms with Crippen LogP contribution in [0, 0.1) is 23.5 Å². The molecule has 0 bridgehead atoms. The second kappa shape index (κ2) is 10.3. The van der Waals surface area contributed by atoms with Gasteiger partial charge in [0.05, 0.1) is 12.6 Å². The number of aromatic amines is 1. The third-order valence-corrected chi connectivity index (χ3v) is 8.11. The summed E-state index contributed by atoms with van der Waals surface area (Å²) in [6.45, 7) is 5.62. The number of nitrogens with zero attached hydrogens (tertiary/aromatic N) is 1. The van der Waals surface area contributed by atoms with Gasteiger partial charge in [-0.3, -0.25) is 4.90 Å². The lowest BCUT2D eigenvalue weighted by Crippen LogP contribution is -2.48. The number of halogens is 3. The maximum absolute atomic E-state index is 15.8. The summed E-state index contributed by atoms with van der Waals surface area (Å²) in [7, 11) is 0. The summed E-state index contributed by atoms with van der Waals surface area (Å²) in [5.74, 6) is -0.561. The summed E-state index contributed by atoms with van der Waals surface area (Å²) in [5, 5.41) is 10.4. The van der Waals surface area contributed by atoms with Crippen LogP contribution in [0.25, 0.3) is 10.9 Å². The number of hydrogen-bond acceptors (Lipinski definition) is 3. The Morgan fingerprint density at radius 3 is 2.35 bits per heavy atom. The van der Waals surface area contributed by atoms with Crippen molar-refractivity contribution in [2.45, 2.75) is 70.6 Å². The molecule has 37 heavy (non-hydrogen) atoms. The third-order valence-electron chi connectivity index (χ3n) is 8.11. The molecule has 1 saturated carbocycles. The molecule has 0 saturated heterocycles. The van der Waals surface area contributed by atoms with E-state index in [9.17, 15) is 9.50 Å². The highest BCUT2D eigenvalue weighted by Crippen LogP contribution is 2.44. The van der Waals surface area contributed by atoms with Crippen LogP contribution in [0.4, 0.5) is 13.2 Å². The van der Waals surface area contributed by atoms with Crippen molar-refractivity contribution in [3.8, 4) is 5.75 Å². The molecule has 0 amide bonds. The van der Waals surface area contributed by atoms with Gasteiger partial charge >= 0.3 is 0 Å². The molecule has 1 aromatic heterocycles. The van der Waals surface area contributed by atoms with Crippen LogP contribution in [0.3, 0.4) is 0 Å². The van der Waals surface area contributed by atoms with Crippen molar-refractivity contribution in [2.24, 2.45) is 11.8 Å². The molecule has 7 heteroatoms. The number of aliphatic hydroxyl groups excluding tert-OH is 1. The Bertz CT molecular complexity index is 1220. The molecule has 0 unspecified atom stereocenters. The van der Waals surface area contributed by atoms with Gasteiger partial charge < -0.3 is 14.8 Å². The summed E-state index contributed by atoms with van der Waals surface area (Å²) in [4.78, 5) is 5.27. The summed E-state index contributed by atoms with van der Waals surface area (Å²) in [6, 6.07) is 9.47. The van der Waals surface area contributed by atoms with Crippen LogP contribution in [-0.2, 0) is 6.42 Å². The highest BCUT2D eigenvalue weighted by molar-refractivity contribution is 5.85. The van der Waals surface area contributed by atoms with E-state index >= 15 is 8.78 Å². The van der Waals surface area contributed by atoms with Crippen molar-refractivity contribution in [1.29, 1.82) is 0 Å².